The van der Waals surface area contributed by atoms with E-state index in [9.17, 15) is 8.78 Å². The molecule has 0 radical (unpaired) electrons. The average Bonchev–Trinajstić information content (AvgIpc) is 2.15. The summed E-state index contributed by atoms with van der Waals surface area (Å²) in [6.45, 7) is 3.35. The quantitative estimate of drug-likeness (QED) is 0.858. The number of hydrogen-bond donors (Lipinski definition) is 1. The third kappa shape index (κ3) is 2.08. The van der Waals surface area contributed by atoms with E-state index < -0.39 is 5.92 Å². The third-order valence-corrected chi connectivity index (χ3v) is 3.92. The van der Waals surface area contributed by atoms with Gasteiger partial charge in [-0.3, -0.25) is 0 Å². The van der Waals surface area contributed by atoms with Gasteiger partial charge < -0.3 is 5.73 Å². The average molecular weight is 239 g/mol. The Morgan fingerprint density at radius 2 is 2.00 bits per heavy atom. The SMILES string of the molecule is Cc1ccc(C(C)(F)F)c(C2(CN)CCC2)c1. The van der Waals surface area contributed by atoms with E-state index in [2.05, 4.69) is 0 Å². The van der Waals surface area contributed by atoms with Gasteiger partial charge in [-0.1, -0.05) is 30.2 Å². The van der Waals surface area contributed by atoms with Crippen molar-refractivity contribution in [2.75, 3.05) is 6.54 Å². The molecule has 1 aromatic rings. The van der Waals surface area contributed by atoms with Crippen LogP contribution in [0.5, 0.6) is 0 Å². The fourth-order valence-electron chi connectivity index (χ4n) is 2.67. The second-order valence-electron chi connectivity index (χ2n) is 5.28. The first-order chi connectivity index (χ1) is 7.89. The Bertz CT molecular complexity index is 411. The van der Waals surface area contributed by atoms with Crippen molar-refractivity contribution >= 4 is 0 Å². The van der Waals surface area contributed by atoms with Crippen LogP contribution in [0.2, 0.25) is 0 Å². The molecule has 0 aliphatic heterocycles. The maximum absolute atomic E-state index is 13.6. The smallest absolute Gasteiger partial charge is 0.270 e. The molecule has 0 aromatic heterocycles. The van der Waals surface area contributed by atoms with Crippen molar-refractivity contribution in [3.8, 4) is 0 Å². The van der Waals surface area contributed by atoms with E-state index in [1.165, 1.54) is 0 Å². The maximum Gasteiger partial charge on any atom is 0.270 e. The lowest BCUT2D eigenvalue weighted by molar-refractivity contribution is 0.0142. The van der Waals surface area contributed by atoms with Crippen LogP contribution >= 0.6 is 0 Å². The normalized spacial score (nSPS) is 18.9. The van der Waals surface area contributed by atoms with Crippen molar-refractivity contribution < 1.29 is 8.78 Å². The van der Waals surface area contributed by atoms with E-state index in [1.54, 1.807) is 12.1 Å². The molecule has 1 nitrogen and oxygen atoms in total. The number of halogens is 2. The highest BCUT2D eigenvalue weighted by Crippen LogP contribution is 2.47. The van der Waals surface area contributed by atoms with Crippen molar-refractivity contribution in [2.45, 2.75) is 44.4 Å². The number of nitrogens with two attached hydrogens (primary N) is 1. The molecular weight excluding hydrogens is 220 g/mol. The molecule has 3 heteroatoms. The van der Waals surface area contributed by atoms with Crippen LogP contribution in [0.4, 0.5) is 8.78 Å². The number of rotatable bonds is 3. The molecule has 1 saturated carbocycles. The first-order valence-electron chi connectivity index (χ1n) is 6.08. The zero-order chi connectivity index (χ0) is 12.7. The standard InChI is InChI=1S/C14H19F2N/c1-10-4-5-11(13(2,15)16)12(8-10)14(9-17)6-3-7-14/h4-5,8H,3,6-7,9,17H2,1-2H3. The lowest BCUT2D eigenvalue weighted by Crippen LogP contribution is -2.43. The van der Waals surface area contributed by atoms with Crippen LogP contribution in [0, 0.1) is 6.92 Å². The third-order valence-electron chi connectivity index (χ3n) is 3.92. The van der Waals surface area contributed by atoms with Gasteiger partial charge >= 0.3 is 0 Å². The van der Waals surface area contributed by atoms with E-state index in [-0.39, 0.29) is 11.0 Å². The summed E-state index contributed by atoms with van der Waals surface area (Å²) in [5.74, 6) is -2.79. The Kier molecular flexibility index (Phi) is 2.98. The van der Waals surface area contributed by atoms with Gasteiger partial charge in [0.1, 0.15) is 0 Å². The fourth-order valence-corrected chi connectivity index (χ4v) is 2.67. The molecule has 0 saturated heterocycles. The lowest BCUT2D eigenvalue weighted by atomic mass is 9.63. The fraction of sp³-hybridized carbons (Fsp3) is 0.571. The Balaban J connectivity index is 2.54. The molecule has 1 aliphatic carbocycles. The highest BCUT2D eigenvalue weighted by molar-refractivity contribution is 5.41. The molecule has 0 amide bonds. The van der Waals surface area contributed by atoms with E-state index in [0.29, 0.717) is 6.54 Å². The summed E-state index contributed by atoms with van der Waals surface area (Å²) < 4.78 is 27.3. The predicted octanol–water partition coefficient (Wildman–Crippen LogP) is 3.49. The predicted molar refractivity (Wildman–Crippen MR) is 65.3 cm³/mol. The second-order valence-corrected chi connectivity index (χ2v) is 5.28. The van der Waals surface area contributed by atoms with Crippen molar-refractivity contribution in [1.82, 2.24) is 0 Å². The molecule has 0 heterocycles. The Morgan fingerprint density at radius 1 is 1.35 bits per heavy atom. The Hall–Kier alpha value is -0.960. The molecule has 1 aliphatic rings. The minimum atomic E-state index is -2.79. The molecular formula is C14H19F2N. The first-order valence-corrected chi connectivity index (χ1v) is 6.08. The van der Waals surface area contributed by atoms with Gasteiger partial charge in [-0.15, -0.1) is 0 Å². The van der Waals surface area contributed by atoms with Crippen molar-refractivity contribution in [3.63, 3.8) is 0 Å². The minimum absolute atomic E-state index is 0.147. The summed E-state index contributed by atoms with van der Waals surface area (Å²) in [4.78, 5) is 0. The topological polar surface area (TPSA) is 26.0 Å². The Morgan fingerprint density at radius 3 is 2.41 bits per heavy atom. The molecule has 0 unspecified atom stereocenters. The molecule has 2 N–H and O–H groups in total. The monoisotopic (exact) mass is 239 g/mol. The van der Waals surface area contributed by atoms with Gasteiger partial charge in [0.05, 0.1) is 0 Å². The van der Waals surface area contributed by atoms with Gasteiger partial charge in [0, 0.05) is 24.4 Å². The van der Waals surface area contributed by atoms with Gasteiger partial charge in [-0.2, -0.15) is 0 Å². The molecule has 0 bridgehead atoms. The van der Waals surface area contributed by atoms with Crippen molar-refractivity contribution in [3.05, 3.63) is 34.9 Å². The summed E-state index contributed by atoms with van der Waals surface area (Å²) in [5, 5.41) is 0. The first kappa shape index (κ1) is 12.5. The molecule has 0 atom stereocenters. The van der Waals surface area contributed by atoms with E-state index in [1.807, 2.05) is 13.0 Å². The summed E-state index contributed by atoms with van der Waals surface area (Å²) in [5.41, 5.74) is 7.54. The second kappa shape index (κ2) is 4.05. The number of hydrogen-bond acceptors (Lipinski definition) is 1. The van der Waals surface area contributed by atoms with Crippen molar-refractivity contribution in [1.29, 1.82) is 0 Å². The van der Waals surface area contributed by atoms with Gasteiger partial charge in [-0.05, 0) is 25.3 Å². The zero-order valence-corrected chi connectivity index (χ0v) is 10.4. The van der Waals surface area contributed by atoms with Gasteiger partial charge in [0.2, 0.25) is 0 Å². The molecule has 94 valence electrons. The number of aryl methyl sites for hydroxylation is 1. The summed E-state index contributed by atoms with van der Waals surface area (Å²) in [6.07, 6.45) is 2.94. The molecule has 17 heavy (non-hydrogen) atoms. The van der Waals surface area contributed by atoms with Gasteiger partial charge in [-0.25, -0.2) is 8.78 Å². The highest BCUT2D eigenvalue weighted by Gasteiger charge is 2.42. The zero-order valence-electron chi connectivity index (χ0n) is 10.4. The van der Waals surface area contributed by atoms with Crippen LogP contribution in [0.1, 0.15) is 42.9 Å². The van der Waals surface area contributed by atoms with Crippen LogP contribution < -0.4 is 5.73 Å². The highest BCUT2D eigenvalue weighted by atomic mass is 19.3. The van der Waals surface area contributed by atoms with Crippen LogP contribution in [-0.2, 0) is 11.3 Å². The van der Waals surface area contributed by atoms with Gasteiger partial charge in [0.15, 0.2) is 0 Å². The maximum atomic E-state index is 13.6. The van der Waals surface area contributed by atoms with Crippen LogP contribution in [0.3, 0.4) is 0 Å². The number of benzene rings is 1. The molecule has 0 spiro atoms. The lowest BCUT2D eigenvalue weighted by Gasteiger charge is -2.43. The Labute approximate surface area is 101 Å². The largest absolute Gasteiger partial charge is 0.330 e. The van der Waals surface area contributed by atoms with E-state index in [0.717, 1.165) is 37.3 Å². The van der Waals surface area contributed by atoms with Gasteiger partial charge in [0.25, 0.3) is 5.92 Å². The van der Waals surface area contributed by atoms with E-state index >= 15 is 0 Å². The number of alkyl halides is 2. The summed E-state index contributed by atoms with van der Waals surface area (Å²) in [7, 11) is 0. The van der Waals surface area contributed by atoms with Crippen LogP contribution in [0.15, 0.2) is 18.2 Å². The molecule has 1 fully saturated rings. The van der Waals surface area contributed by atoms with Crippen LogP contribution in [0.25, 0.3) is 0 Å². The van der Waals surface area contributed by atoms with Crippen LogP contribution in [-0.4, -0.2) is 6.54 Å². The minimum Gasteiger partial charge on any atom is -0.330 e. The molecule has 2 rings (SSSR count). The summed E-state index contributed by atoms with van der Waals surface area (Å²) >= 11 is 0. The summed E-state index contributed by atoms with van der Waals surface area (Å²) in [6, 6.07) is 5.19. The van der Waals surface area contributed by atoms with Crippen molar-refractivity contribution in [2.24, 2.45) is 5.73 Å². The molecule has 1 aromatic carbocycles. The van der Waals surface area contributed by atoms with E-state index in [4.69, 9.17) is 5.73 Å².